The summed E-state index contributed by atoms with van der Waals surface area (Å²) in [7, 11) is -2.37. The van der Waals surface area contributed by atoms with E-state index in [-0.39, 0.29) is 7.43 Å². The molecule has 0 unspecified atom stereocenters. The van der Waals surface area contributed by atoms with Crippen LogP contribution in [0.15, 0.2) is 0 Å². The van der Waals surface area contributed by atoms with Crippen LogP contribution in [-0.4, -0.2) is 37.5 Å². The summed E-state index contributed by atoms with van der Waals surface area (Å²) in [5.41, 5.74) is 0. The van der Waals surface area contributed by atoms with Gasteiger partial charge in [0.25, 0.3) is 0 Å². The predicted octanol–water partition coefficient (Wildman–Crippen LogP) is 19.4. The van der Waals surface area contributed by atoms with E-state index in [0.29, 0.717) is 0 Å². The standard InChI is InChI=1S/C16H36Si.C12H28Si.C8H20Ge.C8H20Si.CH4/c1-5-9-13-17(14-10-6-2,15-11-7-3)16-12-8-4;1-5-9-13(10-6-2,11-7-3)12-8-4;2*1-5-9(6-2,7-3)8-4;/h5-16H2,1-4H3;5-12H2,1-4H3;2*5-8H2,1-4H3;1H4. The molecule has 0 nitrogen and oxygen atoms in total. The molecule has 0 saturated carbocycles. The second kappa shape index (κ2) is 40.4. The Morgan fingerprint density at radius 1 is 0.265 bits per heavy atom. The van der Waals surface area contributed by atoms with E-state index < -0.39 is 37.5 Å². The summed E-state index contributed by atoms with van der Waals surface area (Å²) < 4.78 is 0. The van der Waals surface area contributed by atoms with Crippen LogP contribution in [0.2, 0.25) is 93.5 Å². The summed E-state index contributed by atoms with van der Waals surface area (Å²) in [6, 6.07) is 18.8. The molecule has 0 aromatic heterocycles. The van der Waals surface area contributed by atoms with Gasteiger partial charge < -0.3 is 0 Å². The molecule has 0 amide bonds. The van der Waals surface area contributed by atoms with Crippen molar-refractivity contribution in [3.8, 4) is 0 Å². The molecule has 0 fully saturated rings. The van der Waals surface area contributed by atoms with E-state index in [1.165, 1.54) is 122 Å². The molecule has 0 bridgehead atoms. The van der Waals surface area contributed by atoms with Crippen LogP contribution in [-0.2, 0) is 0 Å². The Kier molecular flexibility index (Phi) is 49.0. The zero-order valence-corrected chi connectivity index (χ0v) is 42.9. The van der Waals surface area contributed by atoms with Gasteiger partial charge in [0.2, 0.25) is 0 Å². The number of rotatable bonds is 28. The van der Waals surface area contributed by atoms with Crippen molar-refractivity contribution in [3.63, 3.8) is 0 Å². The van der Waals surface area contributed by atoms with E-state index in [2.05, 4.69) is 111 Å². The van der Waals surface area contributed by atoms with E-state index >= 15 is 0 Å². The fourth-order valence-corrected chi connectivity index (χ4v) is 29.8. The van der Waals surface area contributed by atoms with Crippen LogP contribution in [0.5, 0.6) is 0 Å². The number of unbranched alkanes of at least 4 members (excludes halogenated alkanes) is 4. The molecular weight excluding hydrogens is 697 g/mol. The van der Waals surface area contributed by atoms with E-state index in [0.717, 1.165) is 0 Å². The van der Waals surface area contributed by atoms with Gasteiger partial charge in [0.15, 0.2) is 0 Å². The van der Waals surface area contributed by atoms with Crippen LogP contribution in [0.4, 0.5) is 0 Å². The molecule has 0 aromatic carbocycles. The monoisotopic (exact) mass is 807 g/mol. The van der Waals surface area contributed by atoms with Gasteiger partial charge in [-0.2, -0.15) is 0 Å². The van der Waals surface area contributed by atoms with E-state index in [1.54, 1.807) is 48.4 Å². The van der Waals surface area contributed by atoms with Crippen molar-refractivity contribution in [3.05, 3.63) is 0 Å². The van der Waals surface area contributed by atoms with Crippen molar-refractivity contribution in [2.75, 3.05) is 0 Å². The van der Waals surface area contributed by atoms with Gasteiger partial charge in [0.05, 0.1) is 24.2 Å². The zero-order chi connectivity index (χ0) is 37.8. The second-order valence-electron chi connectivity index (χ2n) is 16.2. The molecule has 0 heterocycles. The average molecular weight is 806 g/mol. The molecule has 0 saturated heterocycles. The summed E-state index contributed by atoms with van der Waals surface area (Å²) in [6.07, 6.45) is 17.3. The maximum atomic E-state index is 2.39. The molecule has 0 aliphatic carbocycles. The molecule has 0 atom stereocenters. The normalized spacial score (nSPS) is 11.8. The third-order valence-corrected chi connectivity index (χ3v) is 43.9. The van der Waals surface area contributed by atoms with Gasteiger partial charge in [0, 0.05) is 0 Å². The molecule has 0 rings (SSSR count). The first kappa shape index (κ1) is 59.5. The van der Waals surface area contributed by atoms with Gasteiger partial charge in [-0.3, -0.25) is 0 Å². The van der Waals surface area contributed by atoms with Crippen LogP contribution in [0, 0.1) is 0 Å². The van der Waals surface area contributed by atoms with Crippen molar-refractivity contribution in [1.29, 1.82) is 0 Å². The number of hydrogen-bond donors (Lipinski definition) is 0. The fraction of sp³-hybridized carbons (Fsp3) is 1.00. The van der Waals surface area contributed by atoms with Crippen molar-refractivity contribution in [2.45, 2.75) is 289 Å². The Balaban J connectivity index is -0.000000181. The molecule has 304 valence electrons. The molecule has 0 aromatic rings. The third kappa shape index (κ3) is 29.3. The first-order valence-corrected chi connectivity index (χ1v) is 37.4. The van der Waals surface area contributed by atoms with Gasteiger partial charge in [-0.25, -0.2) is 0 Å². The quantitative estimate of drug-likeness (QED) is 0.0691. The first-order valence-electron chi connectivity index (χ1n) is 23.0. The van der Waals surface area contributed by atoms with Crippen molar-refractivity contribution in [1.82, 2.24) is 0 Å². The van der Waals surface area contributed by atoms with Crippen molar-refractivity contribution >= 4 is 37.5 Å². The molecule has 0 aliphatic heterocycles. The Morgan fingerprint density at radius 3 is 0.571 bits per heavy atom. The van der Waals surface area contributed by atoms with Crippen LogP contribution < -0.4 is 0 Å². The van der Waals surface area contributed by atoms with Gasteiger partial charge in [-0.05, 0) is 0 Å². The summed E-state index contributed by atoms with van der Waals surface area (Å²) in [5, 5.41) is 6.12. The van der Waals surface area contributed by atoms with Crippen molar-refractivity contribution in [2.24, 2.45) is 0 Å². The van der Waals surface area contributed by atoms with Gasteiger partial charge >= 0.3 is 62.0 Å². The predicted molar refractivity (Wildman–Crippen MR) is 253 cm³/mol. The Morgan fingerprint density at radius 2 is 0.469 bits per heavy atom. The average Bonchev–Trinajstić information content (AvgIpc) is 3.11. The molecule has 0 aliphatic rings. The molecule has 0 radical (unpaired) electrons. The second-order valence-corrected chi connectivity index (χ2v) is 44.3. The minimum atomic E-state index is -1.17. The topological polar surface area (TPSA) is 0 Å². The Bertz CT molecular complexity index is 478. The number of hydrogen-bond acceptors (Lipinski definition) is 0. The SMILES string of the molecule is C.CCCC[Si](CCCC)(CCCC)CCCC.CCC[Si](CCC)(CCC)CCC.CC[Si](CC)(CC)CC.C[CH2][Ge]([CH2]C)([CH2]C)[CH2]C. The van der Waals surface area contributed by atoms with Crippen LogP contribution in [0.25, 0.3) is 0 Å². The Hall–Kier alpha value is 1.19. The van der Waals surface area contributed by atoms with Gasteiger partial charge in [-0.1, -0.05) is 240 Å². The van der Waals surface area contributed by atoms with Crippen LogP contribution in [0.1, 0.15) is 195 Å². The summed E-state index contributed by atoms with van der Waals surface area (Å²) >= 11 is -1.17. The van der Waals surface area contributed by atoms with Crippen LogP contribution >= 0.6 is 0 Å². The van der Waals surface area contributed by atoms with Crippen LogP contribution in [0.3, 0.4) is 0 Å². The molecule has 0 spiro atoms. The maximum absolute atomic E-state index is 2.39. The molecule has 4 heteroatoms. The molecule has 0 N–H and O–H groups in total. The molecular formula is C45H108GeSi3. The van der Waals surface area contributed by atoms with Crippen molar-refractivity contribution < 1.29 is 0 Å². The van der Waals surface area contributed by atoms with Gasteiger partial charge in [-0.15, -0.1) is 0 Å². The molecule has 49 heavy (non-hydrogen) atoms. The van der Waals surface area contributed by atoms with E-state index in [9.17, 15) is 0 Å². The Labute approximate surface area is 324 Å². The van der Waals surface area contributed by atoms with E-state index in [4.69, 9.17) is 0 Å². The van der Waals surface area contributed by atoms with E-state index in [1.807, 2.05) is 0 Å². The fourth-order valence-electron chi connectivity index (χ4n) is 8.83. The summed E-state index contributed by atoms with van der Waals surface area (Å²) in [4.78, 5) is 0. The summed E-state index contributed by atoms with van der Waals surface area (Å²) in [6.45, 7) is 37.9. The minimum absolute atomic E-state index is 0. The zero-order valence-electron chi connectivity index (χ0n) is 37.8. The first-order chi connectivity index (χ1) is 23.0. The third-order valence-electron chi connectivity index (χ3n) is 13.4. The summed E-state index contributed by atoms with van der Waals surface area (Å²) in [5.74, 6) is 0. The van der Waals surface area contributed by atoms with Gasteiger partial charge in [0.1, 0.15) is 0 Å².